The molecule has 0 aromatic rings. The van der Waals surface area contributed by atoms with Crippen molar-refractivity contribution in [3.8, 4) is 0 Å². The van der Waals surface area contributed by atoms with Crippen molar-refractivity contribution in [2.24, 2.45) is 5.73 Å². The molecule has 0 aliphatic rings. The zero-order valence-electron chi connectivity index (χ0n) is 15.2. The van der Waals surface area contributed by atoms with Crippen LogP contribution in [0.4, 0.5) is 0 Å². The molecule has 0 saturated heterocycles. The van der Waals surface area contributed by atoms with Gasteiger partial charge in [0.15, 0.2) is 0 Å². The SMILES string of the molecule is CCCCCCCCCCCCCCCC(N)=O.CCO.N. The van der Waals surface area contributed by atoms with E-state index in [4.69, 9.17) is 10.8 Å². The van der Waals surface area contributed by atoms with Gasteiger partial charge in [-0.05, 0) is 13.3 Å². The van der Waals surface area contributed by atoms with Crippen molar-refractivity contribution in [1.82, 2.24) is 6.15 Å². The number of carbonyl (C=O) groups is 1. The number of hydrogen-bond acceptors (Lipinski definition) is 3. The Morgan fingerprint density at radius 2 is 1.00 bits per heavy atom. The van der Waals surface area contributed by atoms with Crippen LogP contribution in [0.25, 0.3) is 0 Å². The van der Waals surface area contributed by atoms with Gasteiger partial charge in [0.05, 0.1) is 0 Å². The highest BCUT2D eigenvalue weighted by molar-refractivity contribution is 5.73. The minimum atomic E-state index is -0.155. The summed E-state index contributed by atoms with van der Waals surface area (Å²) >= 11 is 0. The Kier molecular flexibility index (Phi) is 30.3. The summed E-state index contributed by atoms with van der Waals surface area (Å²) in [5, 5.41) is 7.57. The number of carbonyl (C=O) groups excluding carboxylic acids is 1. The van der Waals surface area contributed by atoms with Crippen molar-refractivity contribution in [1.29, 1.82) is 0 Å². The Bertz CT molecular complexity index is 200. The molecular weight excluding hydrogens is 276 g/mol. The lowest BCUT2D eigenvalue weighted by atomic mass is 10.0. The predicted molar refractivity (Wildman–Crippen MR) is 97.3 cm³/mol. The molecule has 0 atom stereocenters. The van der Waals surface area contributed by atoms with Crippen LogP contribution in [0.1, 0.15) is 104 Å². The van der Waals surface area contributed by atoms with Crippen LogP contribution >= 0.6 is 0 Å². The van der Waals surface area contributed by atoms with E-state index in [2.05, 4.69) is 6.92 Å². The van der Waals surface area contributed by atoms with E-state index in [-0.39, 0.29) is 18.7 Å². The average molecular weight is 319 g/mol. The van der Waals surface area contributed by atoms with E-state index in [1.165, 1.54) is 77.0 Å². The first-order valence-electron chi connectivity index (χ1n) is 9.08. The number of hydrogen-bond donors (Lipinski definition) is 3. The smallest absolute Gasteiger partial charge is 0.217 e. The van der Waals surface area contributed by atoms with Gasteiger partial charge in [-0.3, -0.25) is 4.79 Å². The quantitative estimate of drug-likeness (QED) is 0.388. The average Bonchev–Trinajstić information content (AvgIpc) is 2.44. The summed E-state index contributed by atoms with van der Waals surface area (Å²) in [5.41, 5.74) is 5.09. The molecule has 0 radical (unpaired) electrons. The number of nitrogens with two attached hydrogens (primary N) is 1. The molecule has 0 spiro atoms. The second-order valence-electron chi connectivity index (χ2n) is 5.78. The van der Waals surface area contributed by atoms with Gasteiger partial charge in [0, 0.05) is 13.0 Å². The Balaban J connectivity index is -0.000000827. The van der Waals surface area contributed by atoms with Crippen molar-refractivity contribution in [2.75, 3.05) is 6.61 Å². The maximum atomic E-state index is 10.5. The third-order valence-electron chi connectivity index (χ3n) is 3.53. The van der Waals surface area contributed by atoms with Gasteiger partial charge < -0.3 is 17.0 Å². The Hall–Kier alpha value is -0.610. The second kappa shape index (κ2) is 25.3. The Labute approximate surface area is 138 Å². The number of amides is 1. The van der Waals surface area contributed by atoms with E-state index in [0.717, 1.165) is 6.42 Å². The van der Waals surface area contributed by atoms with Crippen LogP contribution in [-0.2, 0) is 4.79 Å². The summed E-state index contributed by atoms with van der Waals surface area (Å²) in [4.78, 5) is 10.5. The van der Waals surface area contributed by atoms with E-state index < -0.39 is 0 Å². The van der Waals surface area contributed by atoms with Gasteiger partial charge in [-0.1, -0.05) is 84.0 Å². The van der Waals surface area contributed by atoms with Crippen LogP contribution in [0.5, 0.6) is 0 Å². The molecule has 4 heteroatoms. The van der Waals surface area contributed by atoms with Gasteiger partial charge >= 0.3 is 0 Å². The van der Waals surface area contributed by atoms with Gasteiger partial charge in [0.1, 0.15) is 0 Å². The number of aliphatic hydroxyl groups excluding tert-OH is 1. The van der Waals surface area contributed by atoms with Crippen molar-refractivity contribution >= 4 is 5.91 Å². The first-order valence-corrected chi connectivity index (χ1v) is 9.08. The summed E-state index contributed by atoms with van der Waals surface area (Å²) in [7, 11) is 0. The molecule has 136 valence electrons. The zero-order valence-corrected chi connectivity index (χ0v) is 15.2. The standard InChI is InChI=1S/C16H33NO.C2H6O.H3N/c1-2-3-4-5-6-7-8-9-10-11-12-13-14-15-16(17)18;1-2-3;/h2-15H2,1H3,(H2,17,18);3H,2H2,1H3;1H3. The van der Waals surface area contributed by atoms with Crippen molar-refractivity contribution in [3.63, 3.8) is 0 Å². The van der Waals surface area contributed by atoms with E-state index >= 15 is 0 Å². The summed E-state index contributed by atoms with van der Waals surface area (Å²) < 4.78 is 0. The molecule has 0 rings (SSSR count). The highest BCUT2D eigenvalue weighted by Crippen LogP contribution is 2.12. The predicted octanol–water partition coefficient (Wildman–Crippen LogP) is 5.11. The summed E-state index contributed by atoms with van der Waals surface area (Å²) in [5.74, 6) is -0.155. The molecule has 0 heterocycles. The van der Waals surface area contributed by atoms with Crippen molar-refractivity contribution in [2.45, 2.75) is 104 Å². The topological polar surface area (TPSA) is 98.3 Å². The van der Waals surface area contributed by atoms with E-state index in [1.54, 1.807) is 6.92 Å². The molecule has 22 heavy (non-hydrogen) atoms. The number of primary amides is 1. The van der Waals surface area contributed by atoms with E-state index in [9.17, 15) is 4.79 Å². The lowest BCUT2D eigenvalue weighted by Gasteiger charge is -2.02. The minimum Gasteiger partial charge on any atom is -0.397 e. The Morgan fingerprint density at radius 3 is 1.27 bits per heavy atom. The van der Waals surface area contributed by atoms with Gasteiger partial charge in [-0.25, -0.2) is 0 Å². The molecule has 0 saturated carbocycles. The number of unbranched alkanes of at least 4 members (excludes halogenated alkanes) is 12. The van der Waals surface area contributed by atoms with Crippen LogP contribution in [0, 0.1) is 0 Å². The first-order chi connectivity index (χ1) is 10.2. The molecule has 0 aliphatic heterocycles. The molecule has 4 nitrogen and oxygen atoms in total. The number of aliphatic hydroxyl groups is 1. The van der Waals surface area contributed by atoms with Crippen LogP contribution in [0.3, 0.4) is 0 Å². The highest BCUT2D eigenvalue weighted by atomic mass is 16.2. The van der Waals surface area contributed by atoms with Crippen molar-refractivity contribution in [3.05, 3.63) is 0 Å². The molecule has 6 N–H and O–H groups in total. The highest BCUT2D eigenvalue weighted by Gasteiger charge is 1.95. The fourth-order valence-corrected chi connectivity index (χ4v) is 2.32. The molecule has 0 bridgehead atoms. The molecule has 0 aromatic heterocycles. The molecular formula is C18H42N2O2. The second-order valence-corrected chi connectivity index (χ2v) is 5.78. The van der Waals surface area contributed by atoms with Crippen LogP contribution in [-0.4, -0.2) is 17.6 Å². The maximum absolute atomic E-state index is 10.5. The van der Waals surface area contributed by atoms with Gasteiger partial charge in [0.2, 0.25) is 5.91 Å². The van der Waals surface area contributed by atoms with Crippen molar-refractivity contribution < 1.29 is 9.90 Å². The zero-order chi connectivity index (χ0) is 16.2. The summed E-state index contributed by atoms with van der Waals surface area (Å²) in [6.07, 6.45) is 17.9. The maximum Gasteiger partial charge on any atom is 0.217 e. The lowest BCUT2D eigenvalue weighted by molar-refractivity contribution is -0.118. The van der Waals surface area contributed by atoms with Crippen LogP contribution < -0.4 is 11.9 Å². The summed E-state index contributed by atoms with van der Waals surface area (Å²) in [6, 6.07) is 0. The van der Waals surface area contributed by atoms with E-state index in [0.29, 0.717) is 6.42 Å². The van der Waals surface area contributed by atoms with Crippen LogP contribution in [0.2, 0.25) is 0 Å². The van der Waals surface area contributed by atoms with Crippen LogP contribution in [0.15, 0.2) is 0 Å². The molecule has 0 aromatic carbocycles. The number of rotatable bonds is 14. The van der Waals surface area contributed by atoms with E-state index in [1.807, 2.05) is 0 Å². The third-order valence-corrected chi connectivity index (χ3v) is 3.53. The Morgan fingerprint density at radius 1 is 0.727 bits per heavy atom. The van der Waals surface area contributed by atoms with Gasteiger partial charge in [-0.2, -0.15) is 0 Å². The molecule has 0 aliphatic carbocycles. The lowest BCUT2D eigenvalue weighted by Crippen LogP contribution is -2.09. The van der Waals surface area contributed by atoms with Gasteiger partial charge in [0.25, 0.3) is 0 Å². The largest absolute Gasteiger partial charge is 0.397 e. The van der Waals surface area contributed by atoms with Gasteiger partial charge in [-0.15, -0.1) is 0 Å². The molecule has 0 unspecified atom stereocenters. The first kappa shape index (κ1) is 26.3. The summed E-state index contributed by atoms with van der Waals surface area (Å²) in [6.45, 7) is 4.20. The third kappa shape index (κ3) is 31.7. The minimum absolute atomic E-state index is 0. The normalized spacial score (nSPS) is 9.59. The monoisotopic (exact) mass is 318 g/mol. The molecule has 1 amide bonds. The fourth-order valence-electron chi connectivity index (χ4n) is 2.32. The fraction of sp³-hybridized carbons (Fsp3) is 0.944. The molecule has 0 fully saturated rings.